The largest absolute Gasteiger partial charge is 0.507 e. The zero-order valence-electron chi connectivity index (χ0n) is 19.6. The predicted molar refractivity (Wildman–Crippen MR) is 133 cm³/mol. The standard InChI is InChI=1S/C29H28O6/c1-17-24-26(27(30)18(2)35-17)28(31)22-13-21(33-15-19-9-5-3-6-10-19)14-23(25(22)29(24)32)34-16-20-11-7-4-8-12-20/h3-14,17-18,27,30-32H,15-16H2,1-2H3/t17-,18-,27-/m1/s1. The number of benzene rings is 4. The molecule has 0 amide bonds. The van der Waals surface area contributed by atoms with Crippen LogP contribution in [0.4, 0.5) is 0 Å². The van der Waals surface area contributed by atoms with E-state index in [1.54, 1.807) is 26.0 Å². The Balaban J connectivity index is 1.63. The summed E-state index contributed by atoms with van der Waals surface area (Å²) in [6.07, 6.45) is -2.14. The van der Waals surface area contributed by atoms with E-state index in [4.69, 9.17) is 14.2 Å². The van der Waals surface area contributed by atoms with Crippen LogP contribution in [0.2, 0.25) is 0 Å². The summed E-state index contributed by atoms with van der Waals surface area (Å²) < 4.78 is 18.0. The molecule has 180 valence electrons. The molecule has 1 aliphatic heterocycles. The third-order valence-corrected chi connectivity index (χ3v) is 6.42. The predicted octanol–water partition coefficient (Wildman–Crippen LogP) is 5.92. The van der Waals surface area contributed by atoms with Gasteiger partial charge in [-0.15, -0.1) is 0 Å². The number of ether oxygens (including phenoxy) is 3. The van der Waals surface area contributed by atoms with Crippen molar-refractivity contribution in [3.8, 4) is 23.0 Å². The molecule has 6 nitrogen and oxygen atoms in total. The Bertz CT molecular complexity index is 1340. The summed E-state index contributed by atoms with van der Waals surface area (Å²) in [4.78, 5) is 0. The van der Waals surface area contributed by atoms with E-state index in [9.17, 15) is 15.3 Å². The van der Waals surface area contributed by atoms with Crippen molar-refractivity contribution in [1.29, 1.82) is 0 Å². The Labute approximate surface area is 203 Å². The normalized spacial score (nSPS) is 19.3. The van der Waals surface area contributed by atoms with Crippen molar-refractivity contribution in [2.75, 3.05) is 0 Å². The molecule has 0 aromatic heterocycles. The molecular weight excluding hydrogens is 444 g/mol. The lowest BCUT2D eigenvalue weighted by molar-refractivity contribution is -0.0823. The topological polar surface area (TPSA) is 88.4 Å². The molecule has 0 unspecified atom stereocenters. The van der Waals surface area contributed by atoms with Crippen LogP contribution in [0.1, 0.15) is 48.3 Å². The van der Waals surface area contributed by atoms with Crippen molar-refractivity contribution < 1.29 is 29.5 Å². The van der Waals surface area contributed by atoms with E-state index in [1.807, 2.05) is 60.7 Å². The van der Waals surface area contributed by atoms with Crippen LogP contribution >= 0.6 is 0 Å². The highest BCUT2D eigenvalue weighted by molar-refractivity contribution is 6.01. The highest BCUT2D eigenvalue weighted by Gasteiger charge is 2.37. The van der Waals surface area contributed by atoms with Gasteiger partial charge in [-0.3, -0.25) is 0 Å². The Morgan fingerprint density at radius 2 is 1.37 bits per heavy atom. The van der Waals surface area contributed by atoms with E-state index < -0.39 is 18.3 Å². The Morgan fingerprint density at radius 3 is 2.00 bits per heavy atom. The van der Waals surface area contributed by atoms with Crippen LogP contribution in [0.15, 0.2) is 72.8 Å². The Morgan fingerprint density at radius 1 is 0.771 bits per heavy atom. The number of hydrogen-bond acceptors (Lipinski definition) is 6. The average molecular weight is 473 g/mol. The zero-order chi connectivity index (χ0) is 24.5. The molecule has 0 spiro atoms. The highest BCUT2D eigenvalue weighted by atomic mass is 16.5. The minimum absolute atomic E-state index is 0.0797. The summed E-state index contributed by atoms with van der Waals surface area (Å²) in [5.74, 6) is 0.646. The first-order valence-corrected chi connectivity index (χ1v) is 11.7. The number of hydrogen-bond donors (Lipinski definition) is 3. The number of phenols is 2. The maximum Gasteiger partial charge on any atom is 0.135 e. The molecule has 0 radical (unpaired) electrons. The van der Waals surface area contributed by atoms with Gasteiger partial charge in [-0.1, -0.05) is 60.7 Å². The maximum atomic E-state index is 11.3. The first kappa shape index (κ1) is 23.0. The molecule has 35 heavy (non-hydrogen) atoms. The number of fused-ring (bicyclic) bond motifs is 2. The van der Waals surface area contributed by atoms with E-state index >= 15 is 0 Å². The number of aromatic hydroxyl groups is 2. The second kappa shape index (κ2) is 9.49. The van der Waals surface area contributed by atoms with Gasteiger partial charge in [0, 0.05) is 22.6 Å². The molecule has 1 aliphatic rings. The number of phenolic OH excluding ortho intramolecular Hbond substituents is 2. The molecule has 0 aliphatic carbocycles. The van der Waals surface area contributed by atoms with Crippen LogP contribution in [0.3, 0.4) is 0 Å². The fourth-order valence-electron chi connectivity index (χ4n) is 4.64. The van der Waals surface area contributed by atoms with Crippen LogP contribution in [-0.4, -0.2) is 21.4 Å². The van der Waals surface area contributed by atoms with E-state index in [1.165, 1.54) is 0 Å². The van der Waals surface area contributed by atoms with Gasteiger partial charge in [0.25, 0.3) is 0 Å². The average Bonchev–Trinajstić information content (AvgIpc) is 2.87. The van der Waals surface area contributed by atoms with E-state index in [2.05, 4.69) is 0 Å². The van der Waals surface area contributed by atoms with Crippen molar-refractivity contribution in [3.63, 3.8) is 0 Å². The van der Waals surface area contributed by atoms with Gasteiger partial charge >= 0.3 is 0 Å². The van der Waals surface area contributed by atoms with Crippen molar-refractivity contribution in [2.45, 2.75) is 45.4 Å². The highest BCUT2D eigenvalue weighted by Crippen LogP contribution is 2.53. The fourth-order valence-corrected chi connectivity index (χ4v) is 4.64. The summed E-state index contributed by atoms with van der Waals surface area (Å²) in [5, 5.41) is 34.1. The molecule has 0 saturated carbocycles. The van der Waals surface area contributed by atoms with Gasteiger partial charge < -0.3 is 29.5 Å². The van der Waals surface area contributed by atoms with Gasteiger partial charge in [-0.05, 0) is 31.0 Å². The first-order chi connectivity index (χ1) is 16.9. The van der Waals surface area contributed by atoms with Crippen molar-refractivity contribution in [1.82, 2.24) is 0 Å². The second-order valence-corrected chi connectivity index (χ2v) is 8.85. The molecule has 4 aromatic rings. The molecular formula is C29H28O6. The molecule has 1 heterocycles. The quantitative estimate of drug-likeness (QED) is 0.302. The van der Waals surface area contributed by atoms with Crippen LogP contribution in [0, 0.1) is 0 Å². The van der Waals surface area contributed by atoms with E-state index in [0.717, 1.165) is 11.1 Å². The number of aliphatic hydroxyl groups excluding tert-OH is 1. The van der Waals surface area contributed by atoms with Crippen LogP contribution < -0.4 is 9.47 Å². The lowest BCUT2D eigenvalue weighted by Crippen LogP contribution is -2.27. The maximum absolute atomic E-state index is 11.3. The SMILES string of the molecule is C[C@H]1O[C@H](C)[C@@H](O)c2c1c(O)c1c(OCc3ccccc3)cc(OCc3ccccc3)cc1c2O. The van der Waals surface area contributed by atoms with Crippen LogP contribution in [0.5, 0.6) is 23.0 Å². The molecule has 0 fully saturated rings. The molecule has 5 rings (SSSR count). The van der Waals surface area contributed by atoms with Crippen molar-refractivity contribution >= 4 is 10.8 Å². The van der Waals surface area contributed by atoms with Crippen molar-refractivity contribution in [2.24, 2.45) is 0 Å². The second-order valence-electron chi connectivity index (χ2n) is 8.85. The molecule has 6 heteroatoms. The third-order valence-electron chi connectivity index (χ3n) is 6.42. The van der Waals surface area contributed by atoms with E-state index in [0.29, 0.717) is 34.4 Å². The Hall–Kier alpha value is -3.74. The van der Waals surface area contributed by atoms with Crippen LogP contribution in [-0.2, 0) is 18.0 Å². The van der Waals surface area contributed by atoms with Crippen LogP contribution in [0.25, 0.3) is 10.8 Å². The first-order valence-electron chi connectivity index (χ1n) is 11.7. The smallest absolute Gasteiger partial charge is 0.135 e. The lowest BCUT2D eigenvalue weighted by atomic mass is 9.87. The zero-order valence-corrected chi connectivity index (χ0v) is 19.6. The summed E-state index contributed by atoms with van der Waals surface area (Å²) in [6, 6.07) is 22.8. The van der Waals surface area contributed by atoms with Gasteiger partial charge in [0.15, 0.2) is 0 Å². The molecule has 3 atom stereocenters. The van der Waals surface area contributed by atoms with Gasteiger partial charge in [0.1, 0.15) is 42.3 Å². The monoisotopic (exact) mass is 472 g/mol. The van der Waals surface area contributed by atoms with Crippen molar-refractivity contribution in [3.05, 3.63) is 95.1 Å². The number of rotatable bonds is 6. The van der Waals surface area contributed by atoms with E-state index in [-0.39, 0.29) is 23.7 Å². The third kappa shape index (κ3) is 4.38. The fraction of sp³-hybridized carbons (Fsp3) is 0.241. The Kier molecular flexibility index (Phi) is 6.24. The summed E-state index contributed by atoms with van der Waals surface area (Å²) in [6.45, 7) is 4.11. The van der Waals surface area contributed by atoms with Gasteiger partial charge in [-0.2, -0.15) is 0 Å². The molecule has 0 bridgehead atoms. The van der Waals surface area contributed by atoms with Gasteiger partial charge in [0.05, 0.1) is 17.6 Å². The summed E-state index contributed by atoms with van der Waals surface area (Å²) in [7, 11) is 0. The summed E-state index contributed by atoms with van der Waals surface area (Å²) >= 11 is 0. The van der Waals surface area contributed by atoms with Gasteiger partial charge in [0.2, 0.25) is 0 Å². The lowest BCUT2D eigenvalue weighted by Gasteiger charge is -2.34. The minimum atomic E-state index is -1.08. The molecule has 0 saturated heterocycles. The van der Waals surface area contributed by atoms with Gasteiger partial charge in [-0.25, -0.2) is 0 Å². The molecule has 3 N–H and O–H groups in total. The summed E-state index contributed by atoms with van der Waals surface area (Å²) in [5.41, 5.74) is 2.59. The molecule has 4 aromatic carbocycles. The minimum Gasteiger partial charge on any atom is -0.507 e. The number of aliphatic hydroxyl groups is 1.